The van der Waals surface area contributed by atoms with Crippen molar-refractivity contribution in [3.63, 3.8) is 0 Å². The lowest BCUT2D eigenvalue weighted by molar-refractivity contribution is -0.0326. The number of piperidine rings is 2. The molecular weight excluding hydrogens is 360 g/mol. The molecule has 29 heavy (non-hydrogen) atoms. The second-order valence-electron chi connectivity index (χ2n) is 8.76. The molecule has 2 heterocycles. The topological polar surface area (TPSA) is 35.9 Å². The zero-order valence-corrected chi connectivity index (χ0v) is 17.6. The summed E-state index contributed by atoms with van der Waals surface area (Å²) in [7, 11) is 1.68. The van der Waals surface area contributed by atoms with Gasteiger partial charge >= 0.3 is 0 Å². The highest BCUT2D eigenvalue weighted by molar-refractivity contribution is 5.38. The van der Waals surface area contributed by atoms with Crippen molar-refractivity contribution in [2.24, 2.45) is 5.92 Å². The van der Waals surface area contributed by atoms with Crippen molar-refractivity contribution in [2.75, 3.05) is 39.8 Å². The number of methoxy groups -OCH3 is 1. The van der Waals surface area contributed by atoms with Gasteiger partial charge in [-0.3, -0.25) is 4.90 Å². The zero-order chi connectivity index (χ0) is 20.1. The minimum Gasteiger partial charge on any atom is -0.496 e. The van der Waals surface area contributed by atoms with Gasteiger partial charge in [0, 0.05) is 38.3 Å². The third-order valence-corrected chi connectivity index (χ3v) is 6.66. The Balaban J connectivity index is 1.30. The van der Waals surface area contributed by atoms with E-state index in [9.17, 15) is 5.11 Å². The van der Waals surface area contributed by atoms with Gasteiger partial charge in [0.15, 0.2) is 0 Å². The SMILES string of the molecule is COc1ccccc1C1(O)CCN(C[C@@H]2CCCN(Cc3ccccc3)C2)CC1. The summed E-state index contributed by atoms with van der Waals surface area (Å²) in [5.74, 6) is 1.53. The van der Waals surface area contributed by atoms with Gasteiger partial charge in [-0.2, -0.15) is 0 Å². The fourth-order valence-electron chi connectivity index (χ4n) is 5.05. The van der Waals surface area contributed by atoms with Crippen molar-refractivity contribution < 1.29 is 9.84 Å². The summed E-state index contributed by atoms with van der Waals surface area (Å²) in [6.07, 6.45) is 4.15. The van der Waals surface area contributed by atoms with E-state index >= 15 is 0 Å². The molecule has 0 unspecified atom stereocenters. The summed E-state index contributed by atoms with van der Waals surface area (Å²) in [6, 6.07) is 18.7. The van der Waals surface area contributed by atoms with Crippen LogP contribution in [0.25, 0.3) is 0 Å². The fraction of sp³-hybridized carbons (Fsp3) is 0.520. The Morgan fingerprint density at radius 1 is 0.966 bits per heavy atom. The highest BCUT2D eigenvalue weighted by Gasteiger charge is 2.36. The molecule has 0 aromatic heterocycles. The third-order valence-electron chi connectivity index (χ3n) is 6.66. The Morgan fingerprint density at radius 3 is 2.45 bits per heavy atom. The predicted molar refractivity (Wildman–Crippen MR) is 117 cm³/mol. The van der Waals surface area contributed by atoms with Crippen LogP contribution in [0, 0.1) is 5.92 Å². The van der Waals surface area contributed by atoms with Crippen LogP contribution in [0.15, 0.2) is 54.6 Å². The minimum atomic E-state index is -0.769. The van der Waals surface area contributed by atoms with Gasteiger partial charge in [0.1, 0.15) is 5.75 Å². The average Bonchev–Trinajstić information content (AvgIpc) is 2.76. The third kappa shape index (κ3) is 5.00. The van der Waals surface area contributed by atoms with Crippen molar-refractivity contribution in [3.05, 3.63) is 65.7 Å². The predicted octanol–water partition coefficient (Wildman–Crippen LogP) is 3.89. The Bertz CT molecular complexity index is 771. The number of benzene rings is 2. The molecule has 0 aliphatic carbocycles. The molecule has 1 N–H and O–H groups in total. The van der Waals surface area contributed by atoms with E-state index in [0.29, 0.717) is 0 Å². The molecule has 2 fully saturated rings. The van der Waals surface area contributed by atoms with E-state index in [1.54, 1.807) is 7.11 Å². The molecule has 1 atom stereocenters. The summed E-state index contributed by atoms with van der Waals surface area (Å²) < 4.78 is 5.49. The molecule has 0 radical (unpaired) electrons. The molecule has 0 spiro atoms. The van der Waals surface area contributed by atoms with Gasteiger partial charge in [-0.05, 0) is 49.8 Å². The standard InChI is InChI=1S/C25H34N2O2/c1-29-24-12-6-5-11-23(24)25(28)13-16-26(17-14-25)19-22-10-7-15-27(20-22)18-21-8-3-2-4-9-21/h2-6,8-9,11-12,22,28H,7,10,13-20H2,1H3/t22-/m0/s1. The normalized spacial score (nSPS) is 23.0. The molecule has 0 amide bonds. The molecule has 2 aromatic rings. The molecule has 2 saturated heterocycles. The number of para-hydroxylation sites is 1. The number of nitrogens with zero attached hydrogens (tertiary/aromatic N) is 2. The summed E-state index contributed by atoms with van der Waals surface area (Å²) in [4.78, 5) is 5.17. The largest absolute Gasteiger partial charge is 0.496 e. The first-order valence-electron chi connectivity index (χ1n) is 11.0. The Labute approximate surface area is 175 Å². The maximum absolute atomic E-state index is 11.3. The van der Waals surface area contributed by atoms with E-state index in [1.165, 1.54) is 31.5 Å². The Morgan fingerprint density at radius 2 is 1.69 bits per heavy atom. The van der Waals surface area contributed by atoms with Gasteiger partial charge in [0.05, 0.1) is 12.7 Å². The first kappa shape index (κ1) is 20.4. The molecule has 4 heteroatoms. The highest BCUT2D eigenvalue weighted by atomic mass is 16.5. The zero-order valence-electron chi connectivity index (χ0n) is 17.6. The van der Waals surface area contributed by atoms with Gasteiger partial charge < -0.3 is 14.7 Å². The molecule has 0 saturated carbocycles. The van der Waals surface area contributed by atoms with Crippen LogP contribution < -0.4 is 4.74 Å². The molecule has 0 bridgehead atoms. The van der Waals surface area contributed by atoms with E-state index in [2.05, 4.69) is 40.1 Å². The highest BCUT2D eigenvalue weighted by Crippen LogP contribution is 2.38. The number of aliphatic hydroxyl groups is 1. The summed E-state index contributed by atoms with van der Waals surface area (Å²) in [5.41, 5.74) is 1.58. The molecular formula is C25H34N2O2. The average molecular weight is 395 g/mol. The summed E-state index contributed by atoms with van der Waals surface area (Å²) >= 11 is 0. The number of likely N-dealkylation sites (tertiary alicyclic amines) is 2. The number of rotatable bonds is 6. The van der Waals surface area contributed by atoms with Crippen molar-refractivity contribution in [2.45, 2.75) is 37.8 Å². The van der Waals surface area contributed by atoms with E-state index in [4.69, 9.17) is 4.74 Å². The van der Waals surface area contributed by atoms with Crippen LogP contribution in [-0.2, 0) is 12.1 Å². The first-order chi connectivity index (χ1) is 14.2. The van der Waals surface area contributed by atoms with Crippen LogP contribution in [0.1, 0.15) is 36.8 Å². The lowest BCUT2D eigenvalue weighted by atomic mass is 9.83. The van der Waals surface area contributed by atoms with Crippen LogP contribution in [0.3, 0.4) is 0 Å². The molecule has 2 aliphatic rings. The van der Waals surface area contributed by atoms with Gasteiger partial charge in [-0.15, -0.1) is 0 Å². The van der Waals surface area contributed by atoms with Crippen LogP contribution in [-0.4, -0.2) is 54.7 Å². The number of hydrogen-bond donors (Lipinski definition) is 1. The monoisotopic (exact) mass is 394 g/mol. The van der Waals surface area contributed by atoms with Gasteiger partial charge in [0.2, 0.25) is 0 Å². The molecule has 156 valence electrons. The van der Waals surface area contributed by atoms with Gasteiger partial charge in [0.25, 0.3) is 0 Å². The second-order valence-corrected chi connectivity index (χ2v) is 8.76. The van der Waals surface area contributed by atoms with Crippen molar-refractivity contribution in [3.8, 4) is 5.75 Å². The summed E-state index contributed by atoms with van der Waals surface area (Å²) in [6.45, 7) is 6.49. The maximum atomic E-state index is 11.3. The maximum Gasteiger partial charge on any atom is 0.124 e. The smallest absolute Gasteiger partial charge is 0.124 e. The molecule has 2 aromatic carbocycles. The molecule has 2 aliphatic heterocycles. The van der Waals surface area contributed by atoms with Crippen LogP contribution in [0.5, 0.6) is 5.75 Å². The van der Waals surface area contributed by atoms with E-state index in [1.807, 2.05) is 24.3 Å². The second kappa shape index (κ2) is 9.29. The van der Waals surface area contributed by atoms with E-state index in [0.717, 1.165) is 56.3 Å². The van der Waals surface area contributed by atoms with Crippen LogP contribution >= 0.6 is 0 Å². The van der Waals surface area contributed by atoms with Crippen molar-refractivity contribution >= 4 is 0 Å². The fourth-order valence-corrected chi connectivity index (χ4v) is 5.05. The van der Waals surface area contributed by atoms with Gasteiger partial charge in [-0.25, -0.2) is 0 Å². The van der Waals surface area contributed by atoms with E-state index < -0.39 is 5.60 Å². The van der Waals surface area contributed by atoms with Crippen LogP contribution in [0.4, 0.5) is 0 Å². The Kier molecular flexibility index (Phi) is 6.53. The molecule has 4 rings (SSSR count). The van der Waals surface area contributed by atoms with Crippen LogP contribution in [0.2, 0.25) is 0 Å². The minimum absolute atomic E-state index is 0.727. The lowest BCUT2D eigenvalue weighted by Gasteiger charge is -2.41. The van der Waals surface area contributed by atoms with Crippen molar-refractivity contribution in [1.29, 1.82) is 0 Å². The van der Waals surface area contributed by atoms with Crippen molar-refractivity contribution in [1.82, 2.24) is 9.80 Å². The van der Waals surface area contributed by atoms with E-state index in [-0.39, 0.29) is 0 Å². The number of hydrogen-bond acceptors (Lipinski definition) is 4. The number of ether oxygens (including phenoxy) is 1. The first-order valence-corrected chi connectivity index (χ1v) is 11.0. The molecule has 4 nitrogen and oxygen atoms in total. The van der Waals surface area contributed by atoms with Gasteiger partial charge in [-0.1, -0.05) is 48.5 Å². The lowest BCUT2D eigenvalue weighted by Crippen LogP contribution is -2.46. The Hall–Kier alpha value is -1.88. The summed E-state index contributed by atoms with van der Waals surface area (Å²) in [5, 5.41) is 11.3. The quantitative estimate of drug-likeness (QED) is 0.806.